The summed E-state index contributed by atoms with van der Waals surface area (Å²) in [6.45, 7) is 9.77. The first-order valence-corrected chi connectivity index (χ1v) is 6.96. The summed E-state index contributed by atoms with van der Waals surface area (Å²) in [4.78, 5) is 6.96. The summed E-state index contributed by atoms with van der Waals surface area (Å²) in [5.41, 5.74) is 1.32. The second-order valence-corrected chi connectivity index (χ2v) is 5.59. The molecule has 1 unspecified atom stereocenters. The van der Waals surface area contributed by atoms with Gasteiger partial charge in [-0.3, -0.25) is 4.90 Å². The first-order valence-electron chi connectivity index (χ1n) is 6.96. The van der Waals surface area contributed by atoms with Crippen molar-refractivity contribution in [3.05, 3.63) is 23.9 Å². The molecule has 0 aliphatic carbocycles. The van der Waals surface area contributed by atoms with E-state index in [2.05, 4.69) is 29.8 Å². The van der Waals surface area contributed by atoms with E-state index in [4.69, 9.17) is 4.74 Å². The van der Waals surface area contributed by atoms with E-state index >= 15 is 0 Å². The molecule has 0 spiro atoms. The van der Waals surface area contributed by atoms with Crippen LogP contribution in [0.25, 0.3) is 0 Å². The minimum absolute atomic E-state index is 0.182. The first kappa shape index (κ1) is 13.3. The lowest BCUT2D eigenvalue weighted by molar-refractivity contribution is 0.204. The molecule has 0 amide bonds. The van der Waals surface area contributed by atoms with Crippen LogP contribution in [-0.4, -0.2) is 28.6 Å². The number of aromatic nitrogens is 1. The van der Waals surface area contributed by atoms with E-state index in [0.29, 0.717) is 12.1 Å². The van der Waals surface area contributed by atoms with E-state index in [0.717, 1.165) is 5.88 Å². The van der Waals surface area contributed by atoms with Gasteiger partial charge in [0.25, 0.3) is 0 Å². The van der Waals surface area contributed by atoms with Crippen LogP contribution < -0.4 is 4.74 Å². The van der Waals surface area contributed by atoms with Gasteiger partial charge in [-0.1, -0.05) is 6.07 Å². The van der Waals surface area contributed by atoms with Gasteiger partial charge in [0.05, 0.1) is 6.10 Å². The van der Waals surface area contributed by atoms with E-state index in [1.165, 1.54) is 24.9 Å². The Labute approximate surface area is 110 Å². The maximum Gasteiger partial charge on any atom is 0.213 e. The smallest absolute Gasteiger partial charge is 0.213 e. The molecule has 2 heterocycles. The zero-order chi connectivity index (χ0) is 13.1. The van der Waals surface area contributed by atoms with E-state index in [-0.39, 0.29) is 6.10 Å². The number of likely N-dealkylation sites (tertiary alicyclic amines) is 1. The molecular formula is C15H24N2O. The number of pyridine rings is 1. The van der Waals surface area contributed by atoms with Gasteiger partial charge in [0.15, 0.2) is 0 Å². The van der Waals surface area contributed by atoms with Crippen LogP contribution in [0.1, 0.15) is 52.1 Å². The summed E-state index contributed by atoms with van der Waals surface area (Å²) in [6, 6.07) is 5.29. The molecule has 2 rings (SSSR count). The Kier molecular flexibility index (Phi) is 4.23. The lowest BCUT2D eigenvalue weighted by Crippen LogP contribution is -2.30. The van der Waals surface area contributed by atoms with Crippen molar-refractivity contribution in [2.45, 2.75) is 58.7 Å². The lowest BCUT2D eigenvalue weighted by Gasteiger charge is -2.28. The van der Waals surface area contributed by atoms with Crippen molar-refractivity contribution in [1.29, 1.82) is 0 Å². The summed E-state index contributed by atoms with van der Waals surface area (Å²) < 4.78 is 5.58. The SMILES string of the molecule is CC(C)Oc1ccc(C2CCCN2C(C)C)cn1. The van der Waals surface area contributed by atoms with Crippen LogP contribution in [0.3, 0.4) is 0 Å². The molecule has 1 aromatic rings. The molecule has 1 saturated heterocycles. The first-order chi connectivity index (χ1) is 8.58. The van der Waals surface area contributed by atoms with Gasteiger partial charge < -0.3 is 4.74 Å². The van der Waals surface area contributed by atoms with Crippen LogP contribution in [-0.2, 0) is 0 Å². The third kappa shape index (κ3) is 3.02. The number of rotatable bonds is 4. The Balaban J connectivity index is 2.09. The van der Waals surface area contributed by atoms with Gasteiger partial charge in [-0.25, -0.2) is 4.98 Å². The van der Waals surface area contributed by atoms with Crippen LogP contribution in [0.4, 0.5) is 0 Å². The van der Waals surface area contributed by atoms with Gasteiger partial charge in [-0.2, -0.15) is 0 Å². The van der Waals surface area contributed by atoms with Gasteiger partial charge >= 0.3 is 0 Å². The van der Waals surface area contributed by atoms with Crippen LogP contribution in [0.2, 0.25) is 0 Å². The lowest BCUT2D eigenvalue weighted by atomic mass is 10.1. The zero-order valence-corrected chi connectivity index (χ0v) is 11.9. The maximum absolute atomic E-state index is 5.58. The predicted molar refractivity (Wildman–Crippen MR) is 73.8 cm³/mol. The Morgan fingerprint density at radius 2 is 2.06 bits per heavy atom. The Morgan fingerprint density at radius 3 is 2.61 bits per heavy atom. The van der Waals surface area contributed by atoms with Gasteiger partial charge in [0, 0.05) is 24.3 Å². The Bertz CT molecular complexity index is 373. The highest BCUT2D eigenvalue weighted by Crippen LogP contribution is 2.33. The van der Waals surface area contributed by atoms with E-state index in [1.807, 2.05) is 26.1 Å². The molecule has 1 aromatic heterocycles. The highest BCUT2D eigenvalue weighted by Gasteiger charge is 2.27. The molecule has 0 aromatic carbocycles. The molecule has 1 atom stereocenters. The molecule has 1 aliphatic rings. The fourth-order valence-electron chi connectivity index (χ4n) is 2.67. The van der Waals surface area contributed by atoms with Crippen molar-refractivity contribution in [3.8, 4) is 5.88 Å². The Morgan fingerprint density at radius 1 is 1.28 bits per heavy atom. The van der Waals surface area contributed by atoms with Gasteiger partial charge in [-0.05, 0) is 52.6 Å². The van der Waals surface area contributed by atoms with Gasteiger partial charge in [0.2, 0.25) is 5.88 Å². The topological polar surface area (TPSA) is 25.4 Å². The number of nitrogens with zero attached hydrogens (tertiary/aromatic N) is 2. The van der Waals surface area contributed by atoms with Crippen molar-refractivity contribution < 1.29 is 4.74 Å². The molecule has 1 fully saturated rings. The summed E-state index contributed by atoms with van der Waals surface area (Å²) >= 11 is 0. The highest BCUT2D eigenvalue weighted by molar-refractivity contribution is 5.22. The summed E-state index contributed by atoms with van der Waals surface area (Å²) in [7, 11) is 0. The second-order valence-electron chi connectivity index (χ2n) is 5.59. The molecule has 0 bridgehead atoms. The third-order valence-corrected chi connectivity index (χ3v) is 3.46. The van der Waals surface area contributed by atoms with Crippen LogP contribution in [0.15, 0.2) is 18.3 Å². The largest absolute Gasteiger partial charge is 0.475 e. The summed E-state index contributed by atoms with van der Waals surface area (Å²) in [6.07, 6.45) is 4.68. The maximum atomic E-state index is 5.58. The van der Waals surface area contributed by atoms with Crippen molar-refractivity contribution in [1.82, 2.24) is 9.88 Å². The molecular weight excluding hydrogens is 224 g/mol. The minimum Gasteiger partial charge on any atom is -0.475 e. The summed E-state index contributed by atoms with van der Waals surface area (Å²) in [5.74, 6) is 0.725. The number of hydrogen-bond acceptors (Lipinski definition) is 3. The normalized spacial score (nSPS) is 20.9. The molecule has 0 N–H and O–H groups in total. The quantitative estimate of drug-likeness (QED) is 0.816. The van der Waals surface area contributed by atoms with Crippen LogP contribution >= 0.6 is 0 Å². The van der Waals surface area contributed by atoms with Crippen molar-refractivity contribution in [2.75, 3.05) is 6.54 Å². The summed E-state index contributed by atoms with van der Waals surface area (Å²) in [5, 5.41) is 0. The average Bonchev–Trinajstić information content (AvgIpc) is 2.78. The number of ether oxygens (including phenoxy) is 1. The molecule has 0 radical (unpaired) electrons. The van der Waals surface area contributed by atoms with E-state index in [1.54, 1.807) is 0 Å². The van der Waals surface area contributed by atoms with Crippen LogP contribution in [0, 0.1) is 0 Å². The van der Waals surface area contributed by atoms with Crippen LogP contribution in [0.5, 0.6) is 5.88 Å². The molecule has 3 nitrogen and oxygen atoms in total. The van der Waals surface area contributed by atoms with Crippen molar-refractivity contribution in [2.24, 2.45) is 0 Å². The fraction of sp³-hybridized carbons (Fsp3) is 0.667. The third-order valence-electron chi connectivity index (χ3n) is 3.46. The monoisotopic (exact) mass is 248 g/mol. The fourth-order valence-corrected chi connectivity index (χ4v) is 2.67. The van der Waals surface area contributed by atoms with Crippen molar-refractivity contribution >= 4 is 0 Å². The molecule has 3 heteroatoms. The molecule has 18 heavy (non-hydrogen) atoms. The number of hydrogen-bond donors (Lipinski definition) is 0. The standard InChI is InChI=1S/C15H24N2O/c1-11(2)17-9-5-6-14(17)13-7-8-15(16-10-13)18-12(3)4/h7-8,10-12,14H,5-6,9H2,1-4H3. The van der Waals surface area contributed by atoms with Gasteiger partial charge in [-0.15, -0.1) is 0 Å². The van der Waals surface area contributed by atoms with Gasteiger partial charge in [0.1, 0.15) is 0 Å². The van der Waals surface area contributed by atoms with E-state index < -0.39 is 0 Å². The predicted octanol–water partition coefficient (Wildman–Crippen LogP) is 3.41. The Hall–Kier alpha value is -1.09. The molecule has 0 saturated carbocycles. The molecule has 1 aliphatic heterocycles. The zero-order valence-electron chi connectivity index (χ0n) is 11.9. The average molecular weight is 248 g/mol. The highest BCUT2D eigenvalue weighted by atomic mass is 16.5. The second kappa shape index (κ2) is 5.70. The minimum atomic E-state index is 0.182. The van der Waals surface area contributed by atoms with E-state index in [9.17, 15) is 0 Å². The molecule has 100 valence electrons. The van der Waals surface area contributed by atoms with Crippen molar-refractivity contribution in [3.63, 3.8) is 0 Å².